The number of aromatic nitrogens is 2. The van der Waals surface area contributed by atoms with E-state index in [2.05, 4.69) is 29.2 Å². The van der Waals surface area contributed by atoms with E-state index in [4.69, 9.17) is 4.98 Å². The van der Waals surface area contributed by atoms with Crippen LogP contribution < -0.4 is 5.56 Å². The molecule has 128 valence electrons. The number of benzene rings is 2. The molecular weight excluding hydrogens is 340 g/mol. The summed E-state index contributed by atoms with van der Waals surface area (Å²) >= 11 is 1.69. The van der Waals surface area contributed by atoms with Crippen molar-refractivity contribution in [2.24, 2.45) is 0 Å². The summed E-state index contributed by atoms with van der Waals surface area (Å²) in [7, 11) is 0. The second-order valence-corrected chi connectivity index (χ2v) is 7.83. The molecule has 4 aromatic rings. The van der Waals surface area contributed by atoms with Crippen molar-refractivity contribution in [2.45, 2.75) is 25.2 Å². The minimum Gasteiger partial charge on any atom is -0.309 e. The number of aromatic amines is 1. The Morgan fingerprint density at radius 3 is 2.23 bits per heavy atom. The van der Waals surface area contributed by atoms with E-state index in [0.29, 0.717) is 0 Å². The second-order valence-electron chi connectivity index (χ2n) is 6.74. The summed E-state index contributed by atoms with van der Waals surface area (Å²) in [4.78, 5) is 23.1. The Morgan fingerprint density at radius 1 is 0.923 bits per heavy atom. The number of thiophene rings is 1. The quantitative estimate of drug-likeness (QED) is 0.579. The van der Waals surface area contributed by atoms with Crippen molar-refractivity contribution in [2.75, 3.05) is 0 Å². The van der Waals surface area contributed by atoms with E-state index in [1.807, 2.05) is 36.4 Å². The molecule has 1 N–H and O–H groups in total. The van der Waals surface area contributed by atoms with E-state index < -0.39 is 0 Å². The second kappa shape index (κ2) is 6.22. The number of rotatable bonds is 3. The third kappa shape index (κ3) is 2.49. The highest BCUT2D eigenvalue weighted by Gasteiger charge is 2.24. The van der Waals surface area contributed by atoms with E-state index in [-0.39, 0.29) is 11.5 Å². The number of aryl methyl sites for hydroxylation is 2. The van der Waals surface area contributed by atoms with Crippen LogP contribution in [0, 0.1) is 0 Å². The first-order chi connectivity index (χ1) is 12.8. The molecule has 5 rings (SSSR count). The Hall–Kier alpha value is -2.72. The fourth-order valence-electron chi connectivity index (χ4n) is 3.95. The monoisotopic (exact) mass is 358 g/mol. The molecule has 2 aromatic heterocycles. The van der Waals surface area contributed by atoms with E-state index in [0.717, 1.165) is 46.4 Å². The first kappa shape index (κ1) is 15.5. The molecule has 0 atom stereocenters. The van der Waals surface area contributed by atoms with Crippen molar-refractivity contribution in [1.82, 2.24) is 9.97 Å². The van der Waals surface area contributed by atoms with Gasteiger partial charge in [0.05, 0.1) is 11.3 Å². The molecule has 0 saturated heterocycles. The maximum Gasteiger partial charge on any atom is 0.259 e. The lowest BCUT2D eigenvalue weighted by Gasteiger charge is -2.17. The Morgan fingerprint density at radius 2 is 1.58 bits per heavy atom. The Balaban J connectivity index is 1.73. The Labute approximate surface area is 155 Å². The van der Waals surface area contributed by atoms with Crippen LogP contribution in [0.15, 0.2) is 65.5 Å². The predicted octanol–water partition coefficient (Wildman–Crippen LogP) is 4.65. The van der Waals surface area contributed by atoms with Crippen LogP contribution in [0.4, 0.5) is 0 Å². The van der Waals surface area contributed by atoms with Crippen molar-refractivity contribution in [3.63, 3.8) is 0 Å². The van der Waals surface area contributed by atoms with Gasteiger partial charge in [0.15, 0.2) is 0 Å². The molecule has 1 aliphatic rings. The van der Waals surface area contributed by atoms with Gasteiger partial charge in [0.1, 0.15) is 10.7 Å². The lowest BCUT2D eigenvalue weighted by Crippen LogP contribution is -2.16. The van der Waals surface area contributed by atoms with Gasteiger partial charge in [0.2, 0.25) is 0 Å². The molecule has 26 heavy (non-hydrogen) atoms. The molecule has 2 aromatic carbocycles. The molecule has 4 heteroatoms. The van der Waals surface area contributed by atoms with Gasteiger partial charge in [0, 0.05) is 4.88 Å². The van der Waals surface area contributed by atoms with Crippen LogP contribution >= 0.6 is 11.3 Å². The van der Waals surface area contributed by atoms with Gasteiger partial charge in [-0.1, -0.05) is 60.7 Å². The molecule has 0 bridgehead atoms. The zero-order valence-electron chi connectivity index (χ0n) is 14.2. The molecule has 0 unspecified atom stereocenters. The summed E-state index contributed by atoms with van der Waals surface area (Å²) in [6, 6.07) is 20.5. The fraction of sp³-hybridized carbons (Fsp3) is 0.182. The van der Waals surface area contributed by atoms with E-state index in [1.54, 1.807) is 11.3 Å². The summed E-state index contributed by atoms with van der Waals surface area (Å²) in [5.74, 6) is 0.645. The highest BCUT2D eigenvalue weighted by molar-refractivity contribution is 7.18. The predicted molar refractivity (Wildman–Crippen MR) is 106 cm³/mol. The highest BCUT2D eigenvalue weighted by atomic mass is 32.1. The van der Waals surface area contributed by atoms with Gasteiger partial charge in [-0.25, -0.2) is 4.98 Å². The molecule has 2 heterocycles. The maximum atomic E-state index is 12.9. The molecule has 0 saturated carbocycles. The van der Waals surface area contributed by atoms with Gasteiger partial charge >= 0.3 is 0 Å². The Kier molecular flexibility index (Phi) is 3.71. The molecule has 3 nitrogen and oxygen atoms in total. The van der Waals surface area contributed by atoms with Gasteiger partial charge in [0.25, 0.3) is 5.56 Å². The van der Waals surface area contributed by atoms with Gasteiger partial charge in [-0.15, -0.1) is 11.3 Å². The van der Waals surface area contributed by atoms with Crippen LogP contribution in [0.25, 0.3) is 10.2 Å². The molecule has 0 spiro atoms. The lowest BCUT2D eigenvalue weighted by atomic mass is 9.90. The van der Waals surface area contributed by atoms with E-state index >= 15 is 0 Å². The summed E-state index contributed by atoms with van der Waals surface area (Å²) < 4.78 is 0. The SMILES string of the molecule is O=c1[nH]c(C(c2ccccc2)c2ccccc2)nc2sc3c(c12)CCC3. The average molecular weight is 358 g/mol. The summed E-state index contributed by atoms with van der Waals surface area (Å²) in [6.07, 6.45) is 3.22. The van der Waals surface area contributed by atoms with Gasteiger partial charge in [-0.3, -0.25) is 4.79 Å². The van der Waals surface area contributed by atoms with E-state index in [9.17, 15) is 4.79 Å². The molecule has 0 aliphatic heterocycles. The molecule has 0 radical (unpaired) electrons. The minimum atomic E-state index is -0.0774. The summed E-state index contributed by atoms with van der Waals surface area (Å²) in [5.41, 5.74) is 3.48. The van der Waals surface area contributed by atoms with Gasteiger partial charge < -0.3 is 4.98 Å². The molecule has 1 aliphatic carbocycles. The summed E-state index contributed by atoms with van der Waals surface area (Å²) in [6.45, 7) is 0. The number of nitrogens with zero attached hydrogens (tertiary/aromatic N) is 1. The van der Waals surface area contributed by atoms with Crippen LogP contribution in [0.5, 0.6) is 0 Å². The topological polar surface area (TPSA) is 45.8 Å². The Bertz CT molecular complexity index is 1090. The zero-order chi connectivity index (χ0) is 17.5. The van der Waals surface area contributed by atoms with Gasteiger partial charge in [-0.2, -0.15) is 0 Å². The minimum absolute atomic E-state index is 0.00117. The van der Waals surface area contributed by atoms with Crippen molar-refractivity contribution >= 4 is 21.6 Å². The normalized spacial score (nSPS) is 13.4. The number of H-pyrrole nitrogens is 1. The zero-order valence-corrected chi connectivity index (χ0v) is 15.1. The number of hydrogen-bond donors (Lipinski definition) is 1. The van der Waals surface area contributed by atoms with Crippen molar-refractivity contribution in [1.29, 1.82) is 0 Å². The van der Waals surface area contributed by atoms with Crippen molar-refractivity contribution < 1.29 is 0 Å². The van der Waals surface area contributed by atoms with Crippen LogP contribution in [0.3, 0.4) is 0 Å². The van der Waals surface area contributed by atoms with Gasteiger partial charge in [-0.05, 0) is 36.0 Å². The smallest absolute Gasteiger partial charge is 0.259 e. The number of nitrogens with one attached hydrogen (secondary N) is 1. The molecule has 0 fully saturated rings. The third-order valence-electron chi connectivity index (χ3n) is 5.13. The van der Waals surface area contributed by atoms with Crippen LogP contribution in [-0.4, -0.2) is 9.97 Å². The van der Waals surface area contributed by atoms with Crippen LogP contribution in [0.2, 0.25) is 0 Å². The standard InChI is InChI=1S/C22H18N2OS/c25-21-19-16-12-7-13-17(16)26-22(19)24-20(23-21)18(14-8-3-1-4-9-14)15-10-5-2-6-11-15/h1-6,8-11,18H,7,12-13H2,(H,23,24,25). The maximum absolute atomic E-state index is 12.9. The first-order valence-electron chi connectivity index (χ1n) is 8.95. The molecular formula is C22H18N2OS. The highest BCUT2D eigenvalue weighted by Crippen LogP contribution is 2.36. The van der Waals surface area contributed by atoms with Crippen LogP contribution in [0.1, 0.15) is 39.7 Å². The lowest BCUT2D eigenvalue weighted by molar-refractivity contribution is 0.858. The summed E-state index contributed by atoms with van der Waals surface area (Å²) in [5, 5.41) is 0.811. The van der Waals surface area contributed by atoms with Crippen molar-refractivity contribution in [3.8, 4) is 0 Å². The van der Waals surface area contributed by atoms with E-state index in [1.165, 1.54) is 10.4 Å². The fourth-order valence-corrected chi connectivity index (χ4v) is 5.22. The average Bonchev–Trinajstić information content (AvgIpc) is 3.24. The third-order valence-corrected chi connectivity index (χ3v) is 6.32. The van der Waals surface area contributed by atoms with Crippen molar-refractivity contribution in [3.05, 3.63) is 98.4 Å². The number of hydrogen-bond acceptors (Lipinski definition) is 3. The van der Waals surface area contributed by atoms with Crippen LogP contribution in [-0.2, 0) is 12.8 Å². The molecule has 0 amide bonds. The number of fused-ring (bicyclic) bond motifs is 3. The first-order valence-corrected chi connectivity index (χ1v) is 9.77. The largest absolute Gasteiger partial charge is 0.309 e.